The monoisotopic (exact) mass is 478 g/mol. The van der Waals surface area contributed by atoms with Gasteiger partial charge in [-0.3, -0.25) is 4.57 Å². The molecule has 4 aromatic carbocycles. The third kappa shape index (κ3) is 3.74. The van der Waals surface area contributed by atoms with Gasteiger partial charge in [0.05, 0.1) is 28.6 Å². The highest BCUT2D eigenvalue weighted by Gasteiger charge is 2.14. The molecule has 0 aliphatic rings. The van der Waals surface area contributed by atoms with Crippen LogP contribution in [0.4, 0.5) is 0 Å². The zero-order valence-corrected chi connectivity index (χ0v) is 19.9. The molecule has 176 valence electrons. The second kappa shape index (κ2) is 8.81. The van der Waals surface area contributed by atoms with E-state index in [9.17, 15) is 0 Å². The van der Waals surface area contributed by atoms with Crippen LogP contribution in [0.1, 0.15) is 0 Å². The molecule has 0 spiro atoms. The van der Waals surface area contributed by atoms with Crippen LogP contribution in [0, 0.1) is 0 Å². The lowest BCUT2D eigenvalue weighted by Crippen LogP contribution is -1.99. The molecule has 7 rings (SSSR count). The molecule has 0 atom stereocenters. The number of ether oxygens (including phenoxy) is 1. The van der Waals surface area contributed by atoms with Crippen molar-refractivity contribution < 1.29 is 4.74 Å². The van der Waals surface area contributed by atoms with Crippen LogP contribution in [-0.2, 0) is 0 Å². The fourth-order valence-electron chi connectivity index (χ4n) is 4.90. The maximum Gasteiger partial charge on any atom is 0.137 e. The Labute approximate surface area is 213 Å². The number of para-hydroxylation sites is 1. The Balaban J connectivity index is 1.29. The van der Waals surface area contributed by atoms with E-state index in [1.165, 1.54) is 5.39 Å². The van der Waals surface area contributed by atoms with E-state index in [0.717, 1.165) is 50.7 Å². The minimum Gasteiger partial charge on any atom is -0.457 e. The average Bonchev–Trinajstić information content (AvgIpc) is 3.57. The molecule has 0 unspecified atom stereocenters. The van der Waals surface area contributed by atoms with E-state index in [1.54, 1.807) is 0 Å². The van der Waals surface area contributed by atoms with Crippen LogP contribution in [-0.4, -0.2) is 19.3 Å². The van der Waals surface area contributed by atoms with Gasteiger partial charge in [-0.2, -0.15) is 5.10 Å². The summed E-state index contributed by atoms with van der Waals surface area (Å²) in [5.41, 5.74) is 5.23. The molecule has 0 amide bonds. The quantitative estimate of drug-likeness (QED) is 0.253. The van der Waals surface area contributed by atoms with E-state index < -0.39 is 0 Å². The smallest absolute Gasteiger partial charge is 0.137 e. The fourth-order valence-corrected chi connectivity index (χ4v) is 4.90. The molecular weight excluding hydrogens is 456 g/mol. The van der Waals surface area contributed by atoms with Crippen LogP contribution < -0.4 is 4.74 Å². The van der Waals surface area contributed by atoms with Crippen molar-refractivity contribution in [3.8, 4) is 34.3 Å². The summed E-state index contributed by atoms with van der Waals surface area (Å²) in [7, 11) is 0. The molecule has 5 heteroatoms. The minimum atomic E-state index is 0.742. The molecule has 0 saturated heterocycles. The van der Waals surface area contributed by atoms with E-state index in [4.69, 9.17) is 4.74 Å². The van der Waals surface area contributed by atoms with Crippen LogP contribution in [0.5, 0.6) is 11.5 Å². The fraction of sp³-hybridized carbons (Fsp3) is 0. The second-order valence-corrected chi connectivity index (χ2v) is 8.81. The van der Waals surface area contributed by atoms with Crippen LogP contribution >= 0.6 is 0 Å². The average molecular weight is 479 g/mol. The van der Waals surface area contributed by atoms with Gasteiger partial charge in [0, 0.05) is 34.7 Å². The zero-order valence-electron chi connectivity index (χ0n) is 19.9. The van der Waals surface area contributed by atoms with Gasteiger partial charge in [0.25, 0.3) is 0 Å². The minimum absolute atomic E-state index is 0.742. The number of nitrogens with zero attached hydrogens (tertiary/aromatic N) is 4. The number of benzene rings is 4. The van der Waals surface area contributed by atoms with Crippen LogP contribution in [0.15, 0.2) is 134 Å². The molecule has 3 heterocycles. The van der Waals surface area contributed by atoms with Gasteiger partial charge in [-0.25, -0.2) is 9.67 Å². The molecule has 0 saturated carbocycles. The second-order valence-electron chi connectivity index (χ2n) is 8.81. The van der Waals surface area contributed by atoms with Gasteiger partial charge >= 0.3 is 0 Å². The van der Waals surface area contributed by atoms with Crippen molar-refractivity contribution in [1.29, 1.82) is 0 Å². The third-order valence-corrected chi connectivity index (χ3v) is 6.53. The Morgan fingerprint density at radius 1 is 0.568 bits per heavy atom. The van der Waals surface area contributed by atoms with E-state index in [-0.39, 0.29) is 0 Å². The molecule has 5 nitrogen and oxygen atoms in total. The van der Waals surface area contributed by atoms with Gasteiger partial charge in [0.2, 0.25) is 0 Å². The van der Waals surface area contributed by atoms with E-state index in [0.29, 0.717) is 0 Å². The summed E-state index contributed by atoms with van der Waals surface area (Å²) < 4.78 is 10.5. The normalized spacial score (nSPS) is 11.2. The highest BCUT2D eigenvalue weighted by atomic mass is 16.5. The highest BCUT2D eigenvalue weighted by molar-refractivity contribution is 6.09. The van der Waals surface area contributed by atoms with Gasteiger partial charge in [0.1, 0.15) is 17.3 Å². The summed E-state index contributed by atoms with van der Waals surface area (Å²) >= 11 is 0. The third-order valence-electron chi connectivity index (χ3n) is 6.53. The van der Waals surface area contributed by atoms with Crippen LogP contribution in [0.3, 0.4) is 0 Å². The van der Waals surface area contributed by atoms with Crippen molar-refractivity contribution >= 4 is 21.8 Å². The summed E-state index contributed by atoms with van der Waals surface area (Å²) in [6.45, 7) is 0. The van der Waals surface area contributed by atoms with E-state index in [2.05, 4.69) is 63.2 Å². The lowest BCUT2D eigenvalue weighted by Gasteiger charge is -2.11. The highest BCUT2D eigenvalue weighted by Crippen LogP contribution is 2.35. The SMILES string of the molecule is c1ccc(-c2ccnn2-c2cccc(Oc3ccc4c5ccccc5n(-c5ccccn5)c4c3)c2)cc1. The van der Waals surface area contributed by atoms with Gasteiger partial charge in [-0.05, 0) is 48.5 Å². The first-order chi connectivity index (χ1) is 18.3. The first-order valence-electron chi connectivity index (χ1n) is 12.2. The molecule has 7 aromatic rings. The maximum absolute atomic E-state index is 6.38. The summed E-state index contributed by atoms with van der Waals surface area (Å²) in [5.74, 6) is 2.38. The number of hydrogen-bond acceptors (Lipinski definition) is 3. The molecule has 0 bridgehead atoms. The van der Waals surface area contributed by atoms with Gasteiger partial charge in [0.15, 0.2) is 0 Å². The van der Waals surface area contributed by atoms with Crippen molar-refractivity contribution in [3.63, 3.8) is 0 Å². The van der Waals surface area contributed by atoms with Crippen molar-refractivity contribution in [1.82, 2.24) is 19.3 Å². The Morgan fingerprint density at radius 3 is 2.27 bits per heavy atom. The predicted octanol–water partition coefficient (Wildman–Crippen LogP) is 7.82. The summed E-state index contributed by atoms with van der Waals surface area (Å²) in [6, 6.07) is 40.9. The molecule has 0 N–H and O–H groups in total. The largest absolute Gasteiger partial charge is 0.457 e. The predicted molar refractivity (Wildman–Crippen MR) is 148 cm³/mol. The molecule has 0 aliphatic carbocycles. The number of hydrogen-bond donors (Lipinski definition) is 0. The standard InChI is InChI=1S/C32H22N4O/c1-2-9-23(10-3-1)29-18-20-34-36(29)24-11-8-12-25(21-24)37-26-16-17-28-27-13-4-5-14-30(27)35(31(28)22-26)32-15-6-7-19-33-32/h1-22H. The molecule has 37 heavy (non-hydrogen) atoms. The van der Waals surface area contributed by atoms with Crippen molar-refractivity contribution in [2.24, 2.45) is 0 Å². The van der Waals surface area contributed by atoms with Gasteiger partial charge in [-0.15, -0.1) is 0 Å². The zero-order chi connectivity index (χ0) is 24.6. The molecule has 3 aromatic heterocycles. The first kappa shape index (κ1) is 21.1. The molecular formula is C32H22N4O. The molecule has 0 fully saturated rings. The summed E-state index contributed by atoms with van der Waals surface area (Å²) in [4.78, 5) is 4.62. The molecule has 0 aliphatic heterocycles. The van der Waals surface area contributed by atoms with E-state index in [1.807, 2.05) is 89.9 Å². The molecule has 0 radical (unpaired) electrons. The van der Waals surface area contributed by atoms with Crippen LogP contribution in [0.2, 0.25) is 0 Å². The van der Waals surface area contributed by atoms with Crippen molar-refractivity contribution in [3.05, 3.63) is 134 Å². The first-order valence-corrected chi connectivity index (χ1v) is 12.2. The Hall–Kier alpha value is -5.16. The topological polar surface area (TPSA) is 44.9 Å². The van der Waals surface area contributed by atoms with Crippen molar-refractivity contribution in [2.75, 3.05) is 0 Å². The lowest BCUT2D eigenvalue weighted by atomic mass is 10.1. The van der Waals surface area contributed by atoms with Gasteiger partial charge in [-0.1, -0.05) is 60.7 Å². The van der Waals surface area contributed by atoms with Gasteiger partial charge < -0.3 is 4.74 Å². The van der Waals surface area contributed by atoms with Crippen molar-refractivity contribution in [2.45, 2.75) is 0 Å². The Kier molecular flexibility index (Phi) is 5.03. The number of rotatable bonds is 5. The number of pyridine rings is 1. The number of aromatic nitrogens is 4. The Morgan fingerprint density at radius 2 is 1.38 bits per heavy atom. The number of fused-ring (bicyclic) bond motifs is 3. The van der Waals surface area contributed by atoms with E-state index >= 15 is 0 Å². The maximum atomic E-state index is 6.38. The lowest BCUT2D eigenvalue weighted by molar-refractivity contribution is 0.483. The van der Waals surface area contributed by atoms with Crippen LogP contribution in [0.25, 0.3) is 44.6 Å². The summed E-state index contributed by atoms with van der Waals surface area (Å²) in [5, 5.41) is 6.91. The summed E-state index contributed by atoms with van der Waals surface area (Å²) in [6.07, 6.45) is 3.64. The Bertz CT molecular complexity index is 1850.